The van der Waals surface area contributed by atoms with E-state index in [4.69, 9.17) is 4.74 Å². The molecular weight excluding hydrogens is 288 g/mol. The molecule has 1 atom stereocenters. The number of fused-ring (bicyclic) bond motifs is 1. The van der Waals surface area contributed by atoms with E-state index in [1.807, 2.05) is 18.4 Å². The number of carbonyl (C=O) groups excluding carboxylic acids is 2. The van der Waals surface area contributed by atoms with Crippen LogP contribution in [0.3, 0.4) is 0 Å². The van der Waals surface area contributed by atoms with Gasteiger partial charge in [0, 0.05) is 31.6 Å². The van der Waals surface area contributed by atoms with Gasteiger partial charge in [-0.05, 0) is 24.4 Å². The number of rotatable bonds is 4. The van der Waals surface area contributed by atoms with Crippen LogP contribution in [0.2, 0.25) is 0 Å². The highest BCUT2D eigenvalue weighted by Gasteiger charge is 2.29. The van der Waals surface area contributed by atoms with Gasteiger partial charge in [-0.15, -0.1) is 11.3 Å². The van der Waals surface area contributed by atoms with Gasteiger partial charge in [0.05, 0.1) is 22.4 Å². The Morgan fingerprint density at radius 2 is 2.43 bits per heavy atom. The Bertz CT molecular complexity index is 682. The Morgan fingerprint density at radius 3 is 3.19 bits per heavy atom. The molecule has 3 heterocycles. The highest BCUT2D eigenvalue weighted by atomic mass is 32.1. The number of hydrogen-bond acceptors (Lipinski definition) is 5. The molecule has 0 saturated carbocycles. The minimum atomic E-state index is -0.375. The van der Waals surface area contributed by atoms with Crippen molar-refractivity contribution in [1.82, 2.24) is 9.88 Å². The van der Waals surface area contributed by atoms with Crippen LogP contribution in [0.4, 0.5) is 0 Å². The minimum Gasteiger partial charge on any atom is -0.462 e. The molecule has 5 nitrogen and oxygen atoms in total. The topological polar surface area (TPSA) is 59.5 Å². The van der Waals surface area contributed by atoms with Crippen molar-refractivity contribution in [2.45, 2.75) is 13.3 Å². The second-order valence-corrected chi connectivity index (χ2v) is 6.08. The molecule has 21 heavy (non-hydrogen) atoms. The van der Waals surface area contributed by atoms with E-state index in [1.54, 1.807) is 22.3 Å². The maximum atomic E-state index is 12.0. The van der Waals surface area contributed by atoms with Gasteiger partial charge in [-0.1, -0.05) is 0 Å². The monoisotopic (exact) mass is 304 g/mol. The molecule has 1 amide bonds. The molecule has 2 aromatic heterocycles. The second-order valence-electron chi connectivity index (χ2n) is 5.13. The van der Waals surface area contributed by atoms with Gasteiger partial charge < -0.3 is 9.64 Å². The normalized spacial score (nSPS) is 18.4. The third-order valence-corrected chi connectivity index (χ3v) is 4.52. The lowest BCUT2D eigenvalue weighted by molar-refractivity contribution is -0.127. The molecule has 110 valence electrons. The fraction of sp³-hybridized carbons (Fsp3) is 0.400. The van der Waals surface area contributed by atoms with E-state index in [1.165, 1.54) is 6.20 Å². The fourth-order valence-electron chi connectivity index (χ4n) is 2.51. The first kappa shape index (κ1) is 14.0. The van der Waals surface area contributed by atoms with E-state index in [0.29, 0.717) is 25.1 Å². The summed E-state index contributed by atoms with van der Waals surface area (Å²) in [6, 6.07) is 3.71. The summed E-state index contributed by atoms with van der Waals surface area (Å²) >= 11 is 1.54. The number of amides is 1. The van der Waals surface area contributed by atoms with Crippen LogP contribution < -0.4 is 0 Å². The Labute approximate surface area is 126 Å². The van der Waals surface area contributed by atoms with Crippen molar-refractivity contribution in [1.29, 1.82) is 0 Å². The number of nitrogens with zero attached hydrogens (tertiary/aromatic N) is 2. The van der Waals surface area contributed by atoms with Gasteiger partial charge in [-0.25, -0.2) is 4.79 Å². The van der Waals surface area contributed by atoms with Gasteiger partial charge in [-0.2, -0.15) is 0 Å². The summed E-state index contributed by atoms with van der Waals surface area (Å²) in [7, 11) is 0. The molecule has 0 aromatic carbocycles. The molecule has 1 fully saturated rings. The summed E-state index contributed by atoms with van der Waals surface area (Å²) in [5, 5.41) is 1.94. The van der Waals surface area contributed by atoms with Gasteiger partial charge in [0.15, 0.2) is 0 Å². The SMILES string of the molecule is CCN1CC(COC(=O)c2cnc3ccsc3c2)CC1=O. The number of pyridine rings is 1. The standard InChI is InChI=1S/C15H16N2O3S/c1-2-17-8-10(5-14(17)18)9-20-15(19)11-6-13-12(16-7-11)3-4-21-13/h3-4,6-7,10H,2,5,8-9H2,1H3. The Morgan fingerprint density at radius 1 is 1.57 bits per heavy atom. The van der Waals surface area contributed by atoms with Crippen molar-refractivity contribution < 1.29 is 14.3 Å². The third-order valence-electron chi connectivity index (χ3n) is 3.66. The van der Waals surface area contributed by atoms with E-state index in [9.17, 15) is 9.59 Å². The predicted octanol–water partition coefficient (Wildman–Crippen LogP) is 2.32. The Balaban J connectivity index is 1.60. The van der Waals surface area contributed by atoms with Crippen molar-refractivity contribution >= 4 is 33.4 Å². The molecule has 0 N–H and O–H groups in total. The number of thiophene rings is 1. The average Bonchev–Trinajstić information content (AvgIpc) is 3.09. The molecule has 3 rings (SSSR count). The fourth-order valence-corrected chi connectivity index (χ4v) is 3.29. The number of aromatic nitrogens is 1. The van der Waals surface area contributed by atoms with Crippen molar-refractivity contribution in [3.05, 3.63) is 29.3 Å². The third kappa shape index (κ3) is 2.90. The van der Waals surface area contributed by atoms with Gasteiger partial charge >= 0.3 is 5.97 Å². The van der Waals surface area contributed by atoms with Crippen LogP contribution in [0, 0.1) is 5.92 Å². The highest BCUT2D eigenvalue weighted by Crippen LogP contribution is 2.21. The van der Waals surface area contributed by atoms with Crippen LogP contribution in [0.25, 0.3) is 10.2 Å². The van der Waals surface area contributed by atoms with Crippen LogP contribution in [-0.4, -0.2) is 41.5 Å². The maximum Gasteiger partial charge on any atom is 0.339 e. The molecule has 1 aliphatic rings. The average molecular weight is 304 g/mol. The Kier molecular flexibility index (Phi) is 3.88. The van der Waals surface area contributed by atoms with E-state index in [2.05, 4.69) is 4.98 Å². The summed E-state index contributed by atoms with van der Waals surface area (Å²) in [5.41, 5.74) is 1.35. The van der Waals surface area contributed by atoms with E-state index in [-0.39, 0.29) is 24.4 Å². The molecule has 1 unspecified atom stereocenters. The number of esters is 1. The van der Waals surface area contributed by atoms with Crippen LogP contribution in [0.15, 0.2) is 23.7 Å². The lowest BCUT2D eigenvalue weighted by Crippen LogP contribution is -2.25. The van der Waals surface area contributed by atoms with Crippen molar-refractivity contribution in [3.63, 3.8) is 0 Å². The first-order valence-electron chi connectivity index (χ1n) is 6.95. The summed E-state index contributed by atoms with van der Waals surface area (Å²) in [4.78, 5) is 29.7. The predicted molar refractivity (Wildman–Crippen MR) is 80.3 cm³/mol. The summed E-state index contributed by atoms with van der Waals surface area (Å²) in [6.07, 6.45) is 2.00. The number of carbonyl (C=O) groups is 2. The molecule has 0 radical (unpaired) electrons. The first-order chi connectivity index (χ1) is 10.2. The van der Waals surface area contributed by atoms with E-state index >= 15 is 0 Å². The highest BCUT2D eigenvalue weighted by molar-refractivity contribution is 7.17. The smallest absolute Gasteiger partial charge is 0.339 e. The lowest BCUT2D eigenvalue weighted by Gasteiger charge is -2.13. The van der Waals surface area contributed by atoms with Crippen LogP contribution >= 0.6 is 11.3 Å². The quantitative estimate of drug-likeness (QED) is 0.813. The van der Waals surface area contributed by atoms with Crippen molar-refractivity contribution in [2.24, 2.45) is 5.92 Å². The lowest BCUT2D eigenvalue weighted by atomic mass is 10.1. The molecule has 0 spiro atoms. The van der Waals surface area contributed by atoms with Gasteiger partial charge in [0.1, 0.15) is 0 Å². The van der Waals surface area contributed by atoms with Crippen LogP contribution in [0.1, 0.15) is 23.7 Å². The molecule has 6 heteroatoms. The summed E-state index contributed by atoms with van der Waals surface area (Å²) < 4.78 is 6.30. The van der Waals surface area contributed by atoms with E-state index < -0.39 is 0 Å². The molecule has 1 saturated heterocycles. The Hall–Kier alpha value is -1.95. The maximum absolute atomic E-state index is 12.0. The van der Waals surface area contributed by atoms with Gasteiger partial charge in [0.25, 0.3) is 0 Å². The molecule has 1 aliphatic heterocycles. The first-order valence-corrected chi connectivity index (χ1v) is 7.83. The molecular formula is C15H16N2O3S. The van der Waals surface area contributed by atoms with Crippen molar-refractivity contribution in [2.75, 3.05) is 19.7 Å². The molecule has 0 bridgehead atoms. The number of likely N-dealkylation sites (tertiary alicyclic amines) is 1. The van der Waals surface area contributed by atoms with Gasteiger partial charge in [0.2, 0.25) is 5.91 Å². The zero-order valence-corrected chi connectivity index (χ0v) is 12.6. The van der Waals surface area contributed by atoms with Crippen LogP contribution in [-0.2, 0) is 9.53 Å². The zero-order valence-electron chi connectivity index (χ0n) is 11.7. The van der Waals surface area contributed by atoms with Gasteiger partial charge in [-0.3, -0.25) is 9.78 Å². The minimum absolute atomic E-state index is 0.0971. The zero-order chi connectivity index (χ0) is 14.8. The molecule has 0 aliphatic carbocycles. The number of ether oxygens (including phenoxy) is 1. The van der Waals surface area contributed by atoms with Crippen molar-refractivity contribution in [3.8, 4) is 0 Å². The van der Waals surface area contributed by atoms with E-state index in [0.717, 1.165) is 10.2 Å². The summed E-state index contributed by atoms with van der Waals surface area (Å²) in [5.74, 6) is -0.139. The largest absolute Gasteiger partial charge is 0.462 e. The second kappa shape index (κ2) is 5.81. The molecule has 2 aromatic rings. The number of hydrogen-bond donors (Lipinski definition) is 0. The summed E-state index contributed by atoms with van der Waals surface area (Å²) in [6.45, 7) is 3.62. The van der Waals surface area contributed by atoms with Crippen LogP contribution in [0.5, 0.6) is 0 Å².